The van der Waals surface area contributed by atoms with Crippen LogP contribution in [-0.2, 0) is 11.3 Å². The van der Waals surface area contributed by atoms with Crippen molar-refractivity contribution >= 4 is 17.6 Å². The number of carbonyl (C=O) groups excluding carboxylic acids is 1. The van der Waals surface area contributed by atoms with E-state index >= 15 is 0 Å². The minimum absolute atomic E-state index is 0.114. The summed E-state index contributed by atoms with van der Waals surface area (Å²) in [4.78, 5) is 25.2. The van der Waals surface area contributed by atoms with E-state index in [2.05, 4.69) is 5.16 Å². The van der Waals surface area contributed by atoms with Gasteiger partial charge >= 0.3 is 5.97 Å². The van der Waals surface area contributed by atoms with Gasteiger partial charge in [-0.1, -0.05) is 5.16 Å². The van der Waals surface area contributed by atoms with Crippen LogP contribution in [0, 0.1) is 13.8 Å². The number of aromatic carboxylic acids is 1. The number of benzene rings is 1. The fourth-order valence-electron chi connectivity index (χ4n) is 2.59. The van der Waals surface area contributed by atoms with Gasteiger partial charge in [-0.05, 0) is 39.0 Å². The number of carboxylic acids is 1. The van der Waals surface area contributed by atoms with Gasteiger partial charge in [-0.15, -0.1) is 0 Å². The molecule has 0 fully saturated rings. The van der Waals surface area contributed by atoms with E-state index < -0.39 is 12.1 Å². The first-order valence-electron chi connectivity index (χ1n) is 7.15. The Morgan fingerprint density at radius 3 is 2.74 bits per heavy atom. The van der Waals surface area contributed by atoms with Crippen molar-refractivity contribution in [3.63, 3.8) is 0 Å². The molecule has 1 amide bonds. The number of carbonyl (C=O) groups is 2. The molecule has 0 saturated heterocycles. The molecule has 0 aliphatic carbocycles. The number of fused-ring (bicyclic) bond motifs is 1. The minimum atomic E-state index is -1.04. The van der Waals surface area contributed by atoms with E-state index in [-0.39, 0.29) is 11.5 Å². The third-order valence-corrected chi connectivity index (χ3v) is 3.91. The van der Waals surface area contributed by atoms with E-state index in [0.717, 1.165) is 11.3 Å². The molecule has 1 aliphatic heterocycles. The van der Waals surface area contributed by atoms with Gasteiger partial charge in [-0.3, -0.25) is 4.79 Å². The van der Waals surface area contributed by atoms with Crippen molar-refractivity contribution in [3.8, 4) is 5.75 Å². The van der Waals surface area contributed by atoms with Crippen LogP contribution < -0.4 is 9.64 Å². The van der Waals surface area contributed by atoms with Gasteiger partial charge < -0.3 is 19.3 Å². The Morgan fingerprint density at radius 2 is 2.13 bits per heavy atom. The number of carboxylic acid groups (broad SMARTS) is 1. The molecule has 1 aromatic heterocycles. The van der Waals surface area contributed by atoms with Crippen molar-refractivity contribution in [2.75, 3.05) is 4.90 Å². The molecule has 23 heavy (non-hydrogen) atoms. The van der Waals surface area contributed by atoms with Crippen molar-refractivity contribution in [2.24, 2.45) is 0 Å². The Labute approximate surface area is 132 Å². The third-order valence-electron chi connectivity index (χ3n) is 3.91. The molecule has 7 heteroatoms. The number of nitrogens with zero attached hydrogens (tertiary/aromatic N) is 2. The second-order valence-corrected chi connectivity index (χ2v) is 5.47. The molecule has 7 nitrogen and oxygen atoms in total. The summed E-state index contributed by atoms with van der Waals surface area (Å²) in [7, 11) is 0. The lowest BCUT2D eigenvalue weighted by atomic mass is 10.1. The summed E-state index contributed by atoms with van der Waals surface area (Å²) in [6.07, 6.45) is -0.688. The highest BCUT2D eigenvalue weighted by Crippen LogP contribution is 2.36. The predicted molar refractivity (Wildman–Crippen MR) is 80.7 cm³/mol. The van der Waals surface area contributed by atoms with Crippen molar-refractivity contribution < 1.29 is 24.0 Å². The Kier molecular flexibility index (Phi) is 3.55. The fraction of sp³-hybridized carbons (Fsp3) is 0.312. The van der Waals surface area contributed by atoms with Gasteiger partial charge in [0.25, 0.3) is 5.91 Å². The van der Waals surface area contributed by atoms with Crippen LogP contribution in [0.5, 0.6) is 5.75 Å². The Balaban J connectivity index is 2.03. The summed E-state index contributed by atoms with van der Waals surface area (Å²) in [5, 5.41) is 13.0. The first-order chi connectivity index (χ1) is 10.9. The number of amides is 1. The van der Waals surface area contributed by atoms with Crippen LogP contribution in [0.25, 0.3) is 0 Å². The number of anilines is 1. The molecule has 0 radical (unpaired) electrons. The molecular formula is C16H16N2O5. The van der Waals surface area contributed by atoms with Crippen LogP contribution >= 0.6 is 0 Å². The van der Waals surface area contributed by atoms with Gasteiger partial charge in [0.2, 0.25) is 0 Å². The average molecular weight is 316 g/mol. The molecule has 1 aliphatic rings. The fourth-order valence-corrected chi connectivity index (χ4v) is 2.59. The van der Waals surface area contributed by atoms with Crippen molar-refractivity contribution in [1.82, 2.24) is 5.16 Å². The first-order valence-corrected chi connectivity index (χ1v) is 7.15. The number of hydrogen-bond acceptors (Lipinski definition) is 5. The third kappa shape index (κ3) is 2.54. The summed E-state index contributed by atoms with van der Waals surface area (Å²) < 4.78 is 10.7. The minimum Gasteiger partial charge on any atom is -0.479 e. The Hall–Kier alpha value is -2.83. The molecule has 0 bridgehead atoms. The van der Waals surface area contributed by atoms with Gasteiger partial charge in [0.15, 0.2) is 6.10 Å². The summed E-state index contributed by atoms with van der Waals surface area (Å²) in [6, 6.07) is 4.47. The second-order valence-electron chi connectivity index (χ2n) is 5.47. The zero-order valence-corrected chi connectivity index (χ0v) is 13.0. The smallest absolute Gasteiger partial charge is 0.335 e. The van der Waals surface area contributed by atoms with Crippen molar-refractivity contribution in [3.05, 3.63) is 40.8 Å². The Morgan fingerprint density at radius 1 is 1.39 bits per heavy atom. The van der Waals surface area contributed by atoms with Crippen molar-refractivity contribution in [2.45, 2.75) is 33.4 Å². The molecule has 1 unspecified atom stereocenters. The summed E-state index contributed by atoms with van der Waals surface area (Å²) in [5.74, 6) is -0.208. The lowest BCUT2D eigenvalue weighted by molar-refractivity contribution is -0.125. The van der Waals surface area contributed by atoms with Crippen LogP contribution in [0.4, 0.5) is 5.69 Å². The number of aryl methyl sites for hydroxylation is 2. The molecule has 0 spiro atoms. The van der Waals surface area contributed by atoms with Gasteiger partial charge in [0, 0.05) is 5.56 Å². The maximum Gasteiger partial charge on any atom is 0.335 e. The molecule has 120 valence electrons. The lowest BCUT2D eigenvalue weighted by Gasteiger charge is -2.33. The molecule has 2 heterocycles. The maximum atomic E-state index is 12.5. The zero-order chi connectivity index (χ0) is 16.7. The summed E-state index contributed by atoms with van der Waals surface area (Å²) in [5.41, 5.74) is 2.21. The SMILES string of the molecule is Cc1noc(C)c1CN1C(=O)C(C)Oc2cc(C(=O)O)ccc21. The highest BCUT2D eigenvalue weighted by Gasteiger charge is 2.33. The highest BCUT2D eigenvalue weighted by molar-refractivity contribution is 6.00. The van der Waals surface area contributed by atoms with Crippen molar-refractivity contribution in [1.29, 1.82) is 0 Å². The molecule has 1 N–H and O–H groups in total. The van der Waals surface area contributed by atoms with Gasteiger partial charge in [0.05, 0.1) is 23.5 Å². The van der Waals surface area contributed by atoms with E-state index in [0.29, 0.717) is 23.7 Å². The number of rotatable bonds is 3. The van der Waals surface area contributed by atoms with Gasteiger partial charge in [-0.2, -0.15) is 0 Å². The molecule has 1 aromatic carbocycles. The van der Waals surface area contributed by atoms with Crippen LogP contribution in [0.15, 0.2) is 22.7 Å². The number of hydrogen-bond donors (Lipinski definition) is 1. The largest absolute Gasteiger partial charge is 0.479 e. The lowest BCUT2D eigenvalue weighted by Crippen LogP contribution is -2.44. The highest BCUT2D eigenvalue weighted by atomic mass is 16.5. The van der Waals surface area contributed by atoms with E-state index in [1.165, 1.54) is 12.1 Å². The van der Waals surface area contributed by atoms with Gasteiger partial charge in [0.1, 0.15) is 11.5 Å². The standard InChI is InChI=1S/C16H16N2O5/c1-8-12(9(2)23-17-8)7-18-13-5-4-11(16(20)21)6-14(13)22-10(3)15(18)19/h4-6,10H,7H2,1-3H3,(H,20,21). The van der Waals surface area contributed by atoms with Crippen LogP contribution in [0.3, 0.4) is 0 Å². The molecule has 0 saturated carbocycles. The topological polar surface area (TPSA) is 92.9 Å². The Bertz CT molecular complexity index is 776. The molecular weight excluding hydrogens is 300 g/mol. The van der Waals surface area contributed by atoms with Gasteiger partial charge in [-0.25, -0.2) is 4.79 Å². The van der Waals surface area contributed by atoms with Crippen LogP contribution in [-0.4, -0.2) is 28.2 Å². The molecule has 3 rings (SSSR count). The van der Waals surface area contributed by atoms with E-state index in [1.807, 2.05) is 6.92 Å². The number of ether oxygens (including phenoxy) is 1. The van der Waals surface area contributed by atoms with Crippen LogP contribution in [0.2, 0.25) is 0 Å². The normalized spacial score (nSPS) is 16.9. The summed E-state index contributed by atoms with van der Waals surface area (Å²) in [6.45, 7) is 5.54. The van der Waals surface area contributed by atoms with E-state index in [1.54, 1.807) is 24.8 Å². The quantitative estimate of drug-likeness (QED) is 0.934. The molecule has 2 aromatic rings. The molecule has 1 atom stereocenters. The number of aromatic nitrogens is 1. The maximum absolute atomic E-state index is 12.5. The second kappa shape index (κ2) is 5.42. The first kappa shape index (κ1) is 15.1. The zero-order valence-electron chi connectivity index (χ0n) is 13.0. The monoisotopic (exact) mass is 316 g/mol. The van der Waals surface area contributed by atoms with E-state index in [9.17, 15) is 9.59 Å². The summed E-state index contributed by atoms with van der Waals surface area (Å²) >= 11 is 0. The average Bonchev–Trinajstić information content (AvgIpc) is 2.82. The van der Waals surface area contributed by atoms with Crippen LogP contribution in [0.1, 0.15) is 34.3 Å². The van der Waals surface area contributed by atoms with E-state index in [4.69, 9.17) is 14.4 Å². The predicted octanol–water partition coefficient (Wildman–Crippen LogP) is 2.30.